The lowest BCUT2D eigenvalue weighted by molar-refractivity contribution is 0.00372. The fourth-order valence-corrected chi connectivity index (χ4v) is 2.19. The fraction of sp³-hybridized carbons (Fsp3) is 0.438. The lowest BCUT2D eigenvalue weighted by Gasteiger charge is -2.18. The van der Waals surface area contributed by atoms with Gasteiger partial charge in [-0.05, 0) is 46.2 Å². The molecule has 2 aromatic rings. The Bertz CT molecular complexity index is 659. The third-order valence-corrected chi connectivity index (χ3v) is 3.03. The monoisotopic (exact) mass is 276 g/mol. The van der Waals surface area contributed by atoms with Crippen molar-refractivity contribution in [3.8, 4) is 5.75 Å². The van der Waals surface area contributed by atoms with Gasteiger partial charge in [-0.3, -0.25) is 0 Å². The van der Waals surface area contributed by atoms with Crippen LogP contribution in [0.1, 0.15) is 42.5 Å². The number of fused-ring (bicyclic) bond motifs is 1. The molecule has 108 valence electrons. The van der Waals surface area contributed by atoms with E-state index in [1.165, 1.54) is 0 Å². The lowest BCUT2D eigenvalue weighted by Crippen LogP contribution is -2.23. The highest BCUT2D eigenvalue weighted by atomic mass is 16.6. The summed E-state index contributed by atoms with van der Waals surface area (Å²) >= 11 is 0. The van der Waals surface area contributed by atoms with Crippen molar-refractivity contribution in [3.63, 3.8) is 0 Å². The van der Waals surface area contributed by atoms with Crippen LogP contribution in [0.2, 0.25) is 0 Å². The maximum Gasteiger partial charge on any atom is 0.375 e. The average Bonchev–Trinajstić information content (AvgIpc) is 2.65. The third kappa shape index (κ3) is 2.50. The van der Waals surface area contributed by atoms with Gasteiger partial charge in [-0.2, -0.15) is 0 Å². The van der Waals surface area contributed by atoms with E-state index in [1.807, 2.05) is 46.8 Å². The van der Waals surface area contributed by atoms with Crippen LogP contribution in [0.4, 0.5) is 0 Å². The number of carbonyl (C=O) groups excluding carboxylic acids is 1. The van der Waals surface area contributed by atoms with Gasteiger partial charge in [-0.15, -0.1) is 0 Å². The summed E-state index contributed by atoms with van der Waals surface area (Å²) in [6.45, 7) is 9.28. The van der Waals surface area contributed by atoms with E-state index in [9.17, 15) is 4.79 Å². The van der Waals surface area contributed by atoms with E-state index in [1.54, 1.807) is 7.11 Å². The number of esters is 1. The number of hydrogen-bond acceptors (Lipinski definition) is 4. The van der Waals surface area contributed by atoms with Crippen LogP contribution in [0.5, 0.6) is 5.75 Å². The second-order valence-corrected chi connectivity index (χ2v) is 5.85. The molecule has 4 heteroatoms. The Morgan fingerprint density at radius 1 is 1.20 bits per heavy atom. The molecule has 0 aliphatic heterocycles. The van der Waals surface area contributed by atoms with Gasteiger partial charge in [0.15, 0.2) is 0 Å². The molecular formula is C16H20O4. The molecule has 0 unspecified atom stereocenters. The molecule has 0 aliphatic rings. The van der Waals surface area contributed by atoms with Crippen LogP contribution < -0.4 is 4.74 Å². The van der Waals surface area contributed by atoms with Gasteiger partial charge < -0.3 is 13.9 Å². The van der Waals surface area contributed by atoms with E-state index in [4.69, 9.17) is 13.9 Å². The molecule has 4 nitrogen and oxygen atoms in total. The first-order chi connectivity index (χ1) is 9.24. The first kappa shape index (κ1) is 14.4. The smallest absolute Gasteiger partial charge is 0.375 e. The highest BCUT2D eigenvalue weighted by Gasteiger charge is 2.25. The van der Waals surface area contributed by atoms with E-state index in [-0.39, 0.29) is 5.76 Å². The Morgan fingerprint density at radius 2 is 1.85 bits per heavy atom. The van der Waals surface area contributed by atoms with E-state index in [2.05, 4.69) is 0 Å². The maximum atomic E-state index is 12.2. The molecule has 0 N–H and O–H groups in total. The van der Waals surface area contributed by atoms with Gasteiger partial charge in [-0.25, -0.2) is 4.79 Å². The zero-order valence-corrected chi connectivity index (χ0v) is 12.8. The molecule has 1 aromatic carbocycles. The van der Waals surface area contributed by atoms with Crippen molar-refractivity contribution in [2.45, 2.75) is 40.2 Å². The van der Waals surface area contributed by atoms with Crippen molar-refractivity contribution in [2.75, 3.05) is 7.11 Å². The number of furan rings is 1. The van der Waals surface area contributed by atoms with Gasteiger partial charge in [0.1, 0.15) is 16.9 Å². The van der Waals surface area contributed by atoms with Crippen LogP contribution in [-0.4, -0.2) is 18.7 Å². The molecule has 0 saturated heterocycles. The second-order valence-electron chi connectivity index (χ2n) is 5.85. The summed E-state index contributed by atoms with van der Waals surface area (Å²) in [5.41, 5.74) is 1.82. The number of carbonyl (C=O) groups is 1. The molecule has 0 fully saturated rings. The van der Waals surface area contributed by atoms with Crippen molar-refractivity contribution in [2.24, 2.45) is 0 Å². The molecule has 0 amide bonds. The minimum atomic E-state index is -0.553. The van der Waals surface area contributed by atoms with E-state index >= 15 is 0 Å². The highest BCUT2D eigenvalue weighted by molar-refractivity contribution is 5.99. The zero-order valence-electron chi connectivity index (χ0n) is 12.8. The average molecular weight is 276 g/mol. The minimum Gasteiger partial charge on any atom is -0.496 e. The van der Waals surface area contributed by atoms with Gasteiger partial charge in [-0.1, -0.05) is 6.07 Å². The van der Waals surface area contributed by atoms with E-state index in [0.717, 1.165) is 22.3 Å². The Morgan fingerprint density at radius 3 is 2.40 bits per heavy atom. The van der Waals surface area contributed by atoms with Gasteiger partial charge >= 0.3 is 5.97 Å². The molecule has 0 bridgehead atoms. The predicted octanol–water partition coefficient (Wildman–Crippen LogP) is 4.01. The molecule has 2 rings (SSSR count). The van der Waals surface area contributed by atoms with Crippen LogP contribution in [0, 0.1) is 13.8 Å². The summed E-state index contributed by atoms with van der Waals surface area (Å²) in [4.78, 5) is 12.2. The van der Waals surface area contributed by atoms with E-state index in [0.29, 0.717) is 5.58 Å². The highest BCUT2D eigenvalue weighted by Crippen LogP contribution is 2.36. The number of aryl methyl sites for hydroxylation is 2. The first-order valence-electron chi connectivity index (χ1n) is 6.54. The summed E-state index contributed by atoms with van der Waals surface area (Å²) in [6, 6.07) is 3.75. The van der Waals surface area contributed by atoms with Crippen LogP contribution in [-0.2, 0) is 4.74 Å². The topological polar surface area (TPSA) is 48.7 Å². The van der Waals surface area contributed by atoms with Gasteiger partial charge in [0.25, 0.3) is 0 Å². The number of benzene rings is 1. The molecule has 20 heavy (non-hydrogen) atoms. The Kier molecular flexibility index (Phi) is 3.50. The van der Waals surface area contributed by atoms with Gasteiger partial charge in [0.05, 0.1) is 12.5 Å². The standard InChI is InChI=1S/C16H20O4/c1-9-7-8-11-12(13(9)18-6)10(2)14(19-11)15(17)20-16(3,4)5/h7-8H,1-6H3. The Labute approximate surface area is 118 Å². The van der Waals surface area contributed by atoms with Crippen LogP contribution in [0.15, 0.2) is 16.5 Å². The van der Waals surface area contributed by atoms with Gasteiger partial charge in [0, 0.05) is 5.56 Å². The van der Waals surface area contributed by atoms with Crippen molar-refractivity contribution in [1.82, 2.24) is 0 Å². The maximum absolute atomic E-state index is 12.2. The summed E-state index contributed by atoms with van der Waals surface area (Å²) in [5, 5.41) is 0.827. The SMILES string of the molecule is COc1c(C)ccc2oc(C(=O)OC(C)(C)C)c(C)c12. The number of rotatable bonds is 2. The zero-order chi connectivity index (χ0) is 15.1. The molecule has 0 spiro atoms. The molecule has 0 radical (unpaired) electrons. The third-order valence-electron chi connectivity index (χ3n) is 3.03. The van der Waals surface area contributed by atoms with E-state index < -0.39 is 11.6 Å². The van der Waals surface area contributed by atoms with Crippen molar-refractivity contribution in [1.29, 1.82) is 0 Å². The second kappa shape index (κ2) is 4.85. The van der Waals surface area contributed by atoms with Crippen LogP contribution >= 0.6 is 0 Å². The minimum absolute atomic E-state index is 0.235. The predicted molar refractivity (Wildman–Crippen MR) is 77.4 cm³/mol. The Balaban J connectivity index is 2.58. The normalized spacial score (nSPS) is 11.7. The molecule has 0 aliphatic carbocycles. The fourth-order valence-electron chi connectivity index (χ4n) is 2.19. The summed E-state index contributed by atoms with van der Waals surface area (Å²) in [6.07, 6.45) is 0. The van der Waals surface area contributed by atoms with Crippen molar-refractivity contribution < 1.29 is 18.7 Å². The number of hydrogen-bond donors (Lipinski definition) is 0. The first-order valence-corrected chi connectivity index (χ1v) is 6.54. The molecule has 0 atom stereocenters. The molecular weight excluding hydrogens is 256 g/mol. The summed E-state index contributed by atoms with van der Waals surface area (Å²) in [5.74, 6) is 0.517. The van der Waals surface area contributed by atoms with Gasteiger partial charge in [0.2, 0.25) is 5.76 Å². The van der Waals surface area contributed by atoms with Crippen molar-refractivity contribution >= 4 is 16.9 Å². The van der Waals surface area contributed by atoms with Crippen molar-refractivity contribution in [3.05, 3.63) is 29.0 Å². The molecule has 1 heterocycles. The molecule has 0 saturated carbocycles. The van der Waals surface area contributed by atoms with Crippen LogP contribution in [0.25, 0.3) is 11.0 Å². The quantitative estimate of drug-likeness (QED) is 0.777. The molecule has 1 aromatic heterocycles. The Hall–Kier alpha value is -1.97. The lowest BCUT2D eigenvalue weighted by atomic mass is 10.1. The largest absolute Gasteiger partial charge is 0.496 e. The van der Waals surface area contributed by atoms with Crippen LogP contribution in [0.3, 0.4) is 0 Å². The summed E-state index contributed by atoms with van der Waals surface area (Å²) in [7, 11) is 1.61. The number of ether oxygens (including phenoxy) is 2. The summed E-state index contributed by atoms with van der Waals surface area (Å²) < 4.78 is 16.4. The number of methoxy groups -OCH3 is 1.